The number of nitrogens with one attached hydrogen (secondary N) is 2. The summed E-state index contributed by atoms with van der Waals surface area (Å²) in [6.07, 6.45) is 4.60. The van der Waals surface area contributed by atoms with Crippen molar-refractivity contribution in [2.24, 2.45) is 0 Å². The van der Waals surface area contributed by atoms with E-state index in [-0.39, 0.29) is 6.03 Å². The highest BCUT2D eigenvalue weighted by Gasteiger charge is 2.17. The van der Waals surface area contributed by atoms with Crippen LogP contribution in [-0.2, 0) is 0 Å². The zero-order valence-electron chi connectivity index (χ0n) is 12.1. The summed E-state index contributed by atoms with van der Waals surface area (Å²) in [5, 5.41) is 8.95. The minimum atomic E-state index is -0.116. The summed E-state index contributed by atoms with van der Waals surface area (Å²) in [5.74, 6) is 0. The van der Waals surface area contributed by atoms with Gasteiger partial charge in [-0.25, -0.2) is 9.78 Å². The number of thiazole rings is 1. The van der Waals surface area contributed by atoms with Crippen molar-refractivity contribution in [3.63, 3.8) is 0 Å². The Labute approximate surface area is 128 Å². The van der Waals surface area contributed by atoms with Gasteiger partial charge in [-0.2, -0.15) is 0 Å². The Balaban J connectivity index is 1.66. The van der Waals surface area contributed by atoms with Crippen molar-refractivity contribution in [2.45, 2.75) is 38.6 Å². The first-order chi connectivity index (χ1) is 10.2. The third kappa shape index (κ3) is 3.61. The molecule has 2 aromatic rings. The fourth-order valence-corrected chi connectivity index (χ4v) is 3.43. The summed E-state index contributed by atoms with van der Waals surface area (Å²) in [6, 6.07) is 8.03. The number of rotatable bonds is 3. The fraction of sp³-hybridized carbons (Fsp3) is 0.375. The molecule has 3 rings (SSSR count). The van der Waals surface area contributed by atoms with E-state index in [0.29, 0.717) is 6.04 Å². The Kier molecular flexibility index (Phi) is 4.20. The van der Waals surface area contributed by atoms with E-state index in [2.05, 4.69) is 15.6 Å². The van der Waals surface area contributed by atoms with E-state index in [1.54, 1.807) is 11.3 Å². The van der Waals surface area contributed by atoms with E-state index >= 15 is 0 Å². The summed E-state index contributed by atoms with van der Waals surface area (Å²) >= 11 is 1.62. The number of urea groups is 1. The average Bonchev–Trinajstić information content (AvgIpc) is 3.10. The van der Waals surface area contributed by atoms with Gasteiger partial charge in [-0.3, -0.25) is 0 Å². The maximum atomic E-state index is 12.0. The van der Waals surface area contributed by atoms with E-state index in [9.17, 15) is 4.79 Å². The molecule has 0 saturated heterocycles. The van der Waals surface area contributed by atoms with Crippen molar-refractivity contribution in [1.82, 2.24) is 10.3 Å². The molecule has 1 aliphatic carbocycles. The molecule has 4 nitrogen and oxygen atoms in total. The van der Waals surface area contributed by atoms with Crippen LogP contribution in [0, 0.1) is 6.92 Å². The van der Waals surface area contributed by atoms with Gasteiger partial charge in [0.1, 0.15) is 5.01 Å². The van der Waals surface area contributed by atoms with Gasteiger partial charge in [-0.05, 0) is 31.9 Å². The zero-order valence-corrected chi connectivity index (χ0v) is 12.9. The first-order valence-electron chi connectivity index (χ1n) is 7.31. The third-order valence-corrected chi connectivity index (χ3v) is 4.69. The number of benzene rings is 1. The standard InChI is InChI=1S/C16H19N3OS/c1-11-10-21-15(17-11)12-5-4-8-14(9-12)19-16(20)18-13-6-2-3-7-13/h4-5,8-10,13H,2-3,6-7H2,1H3,(H2,18,19,20). The number of amides is 2. The SMILES string of the molecule is Cc1csc(-c2cccc(NC(=O)NC3CCCC3)c2)n1. The molecule has 1 aromatic heterocycles. The maximum Gasteiger partial charge on any atom is 0.319 e. The summed E-state index contributed by atoms with van der Waals surface area (Å²) in [4.78, 5) is 16.5. The summed E-state index contributed by atoms with van der Waals surface area (Å²) in [5.41, 5.74) is 2.86. The molecule has 0 radical (unpaired) electrons. The first kappa shape index (κ1) is 14.1. The number of anilines is 1. The Morgan fingerprint density at radius 3 is 2.86 bits per heavy atom. The van der Waals surface area contributed by atoms with Gasteiger partial charge in [-0.1, -0.05) is 25.0 Å². The molecule has 1 aromatic carbocycles. The van der Waals surface area contributed by atoms with Gasteiger partial charge in [-0.15, -0.1) is 11.3 Å². The monoisotopic (exact) mass is 301 g/mol. The van der Waals surface area contributed by atoms with Crippen LogP contribution in [0.1, 0.15) is 31.4 Å². The molecule has 1 saturated carbocycles. The van der Waals surface area contributed by atoms with Gasteiger partial charge >= 0.3 is 6.03 Å². The first-order valence-corrected chi connectivity index (χ1v) is 8.19. The van der Waals surface area contributed by atoms with Crippen molar-refractivity contribution < 1.29 is 4.79 Å². The van der Waals surface area contributed by atoms with Crippen LogP contribution >= 0.6 is 11.3 Å². The van der Waals surface area contributed by atoms with E-state index in [4.69, 9.17) is 0 Å². The minimum Gasteiger partial charge on any atom is -0.335 e. The van der Waals surface area contributed by atoms with Crippen LogP contribution in [0.15, 0.2) is 29.6 Å². The maximum absolute atomic E-state index is 12.0. The molecule has 0 unspecified atom stereocenters. The van der Waals surface area contributed by atoms with Crippen molar-refractivity contribution in [2.75, 3.05) is 5.32 Å². The molecule has 0 atom stereocenters. The van der Waals surface area contributed by atoms with Crippen molar-refractivity contribution in [1.29, 1.82) is 0 Å². The van der Waals surface area contributed by atoms with Gasteiger partial charge in [0.25, 0.3) is 0 Å². The smallest absolute Gasteiger partial charge is 0.319 e. The summed E-state index contributed by atoms with van der Waals surface area (Å²) in [7, 11) is 0. The number of carbonyl (C=O) groups is 1. The molecule has 0 bridgehead atoms. The predicted molar refractivity (Wildman–Crippen MR) is 86.7 cm³/mol. The molecular weight excluding hydrogens is 282 g/mol. The molecule has 1 fully saturated rings. The van der Waals surface area contributed by atoms with Crippen molar-refractivity contribution in [3.8, 4) is 10.6 Å². The molecule has 2 amide bonds. The number of aryl methyl sites for hydroxylation is 1. The number of carbonyl (C=O) groups excluding carboxylic acids is 1. The fourth-order valence-electron chi connectivity index (χ4n) is 2.64. The zero-order chi connectivity index (χ0) is 14.7. The average molecular weight is 301 g/mol. The van der Waals surface area contributed by atoms with E-state index < -0.39 is 0 Å². The lowest BCUT2D eigenvalue weighted by atomic mass is 10.2. The Bertz CT molecular complexity index is 632. The highest BCUT2D eigenvalue weighted by atomic mass is 32.1. The van der Waals surface area contributed by atoms with E-state index in [1.165, 1.54) is 12.8 Å². The number of hydrogen-bond acceptors (Lipinski definition) is 3. The van der Waals surface area contributed by atoms with Crippen LogP contribution in [0.2, 0.25) is 0 Å². The number of nitrogens with zero attached hydrogens (tertiary/aromatic N) is 1. The van der Waals surface area contributed by atoms with E-state index in [0.717, 1.165) is 34.8 Å². The quantitative estimate of drug-likeness (QED) is 0.893. The van der Waals surface area contributed by atoms with Crippen LogP contribution in [0.25, 0.3) is 10.6 Å². The highest BCUT2D eigenvalue weighted by molar-refractivity contribution is 7.13. The normalized spacial score (nSPS) is 15.1. The molecule has 110 valence electrons. The number of hydrogen-bond donors (Lipinski definition) is 2. The second-order valence-electron chi connectivity index (χ2n) is 5.45. The highest BCUT2D eigenvalue weighted by Crippen LogP contribution is 2.26. The lowest BCUT2D eigenvalue weighted by Crippen LogP contribution is -2.36. The van der Waals surface area contributed by atoms with Gasteiger partial charge in [0.2, 0.25) is 0 Å². The topological polar surface area (TPSA) is 54.0 Å². The second kappa shape index (κ2) is 6.26. The van der Waals surface area contributed by atoms with Crippen LogP contribution in [-0.4, -0.2) is 17.1 Å². The third-order valence-electron chi connectivity index (χ3n) is 3.68. The Morgan fingerprint density at radius 2 is 2.14 bits per heavy atom. The molecular formula is C16H19N3OS. The molecule has 0 aliphatic heterocycles. The summed E-state index contributed by atoms with van der Waals surface area (Å²) in [6.45, 7) is 1.98. The van der Waals surface area contributed by atoms with Crippen LogP contribution in [0.4, 0.5) is 10.5 Å². The molecule has 1 aliphatic rings. The minimum absolute atomic E-state index is 0.116. The largest absolute Gasteiger partial charge is 0.335 e. The lowest BCUT2D eigenvalue weighted by Gasteiger charge is -2.13. The van der Waals surface area contributed by atoms with Gasteiger partial charge in [0, 0.05) is 28.4 Å². The van der Waals surface area contributed by atoms with Gasteiger partial charge in [0.05, 0.1) is 0 Å². The number of aromatic nitrogens is 1. The van der Waals surface area contributed by atoms with Crippen molar-refractivity contribution >= 4 is 23.1 Å². The second-order valence-corrected chi connectivity index (χ2v) is 6.31. The molecule has 2 N–H and O–H groups in total. The Morgan fingerprint density at radius 1 is 1.33 bits per heavy atom. The van der Waals surface area contributed by atoms with E-state index in [1.807, 2.05) is 36.6 Å². The van der Waals surface area contributed by atoms with Crippen LogP contribution < -0.4 is 10.6 Å². The molecule has 0 spiro atoms. The van der Waals surface area contributed by atoms with Gasteiger partial charge < -0.3 is 10.6 Å². The molecule has 1 heterocycles. The predicted octanol–water partition coefficient (Wildman–Crippen LogP) is 4.18. The lowest BCUT2D eigenvalue weighted by molar-refractivity contribution is 0.248. The molecule has 21 heavy (non-hydrogen) atoms. The summed E-state index contributed by atoms with van der Waals surface area (Å²) < 4.78 is 0. The molecule has 5 heteroatoms. The van der Waals surface area contributed by atoms with Crippen molar-refractivity contribution in [3.05, 3.63) is 35.3 Å². The van der Waals surface area contributed by atoms with Crippen LogP contribution in [0.5, 0.6) is 0 Å². The van der Waals surface area contributed by atoms with Crippen LogP contribution in [0.3, 0.4) is 0 Å². The van der Waals surface area contributed by atoms with Gasteiger partial charge in [0.15, 0.2) is 0 Å². The Hall–Kier alpha value is -1.88.